The lowest BCUT2D eigenvalue weighted by molar-refractivity contribution is -0.157. The number of methoxy groups -OCH3 is 1. The van der Waals surface area contributed by atoms with Crippen LogP contribution in [0.3, 0.4) is 0 Å². The summed E-state index contributed by atoms with van der Waals surface area (Å²) in [5.41, 5.74) is -1.24. The zero-order valence-electron chi connectivity index (χ0n) is 9.53. The maximum absolute atomic E-state index is 11.7. The number of hydrogen-bond donors (Lipinski definition) is 1. The number of rotatable bonds is 3. The van der Waals surface area contributed by atoms with E-state index >= 15 is 0 Å². The minimum Gasteiger partial charge on any atom is -0.467 e. The molecule has 6 heteroatoms. The molecule has 0 saturated carbocycles. The quantitative estimate of drug-likeness (QED) is 0.667. The van der Waals surface area contributed by atoms with E-state index in [4.69, 9.17) is 4.74 Å². The lowest BCUT2D eigenvalue weighted by Gasteiger charge is -2.29. The summed E-state index contributed by atoms with van der Waals surface area (Å²) in [5.74, 6) is -1.61. The summed E-state index contributed by atoms with van der Waals surface area (Å²) in [5, 5.41) is 2.53. The maximum atomic E-state index is 11.7. The molecule has 0 aromatic carbocycles. The Morgan fingerprint density at radius 3 is 2.56 bits per heavy atom. The normalized spacial score (nSPS) is 28.4. The summed E-state index contributed by atoms with van der Waals surface area (Å²) in [6, 6.07) is 0. The van der Waals surface area contributed by atoms with Crippen molar-refractivity contribution in [1.82, 2.24) is 5.32 Å². The Bertz CT molecular complexity index is 327. The van der Waals surface area contributed by atoms with Gasteiger partial charge < -0.3 is 14.8 Å². The summed E-state index contributed by atoms with van der Waals surface area (Å²) >= 11 is 0. The van der Waals surface area contributed by atoms with Gasteiger partial charge in [-0.25, -0.2) is 4.79 Å². The molecule has 0 radical (unpaired) electrons. The lowest BCUT2D eigenvalue weighted by atomic mass is 9.88. The SMILES string of the molecule is COC(=O)[C@]1(COC(C)=O)NC(=O)C[C@H]1C. The summed E-state index contributed by atoms with van der Waals surface area (Å²) < 4.78 is 9.46. The average molecular weight is 229 g/mol. The summed E-state index contributed by atoms with van der Waals surface area (Å²) in [6.07, 6.45) is 0.219. The highest BCUT2D eigenvalue weighted by Gasteiger charge is 2.52. The largest absolute Gasteiger partial charge is 0.467 e. The first-order valence-corrected chi connectivity index (χ1v) is 4.95. The van der Waals surface area contributed by atoms with Gasteiger partial charge in [0.25, 0.3) is 0 Å². The highest BCUT2D eigenvalue weighted by Crippen LogP contribution is 2.28. The van der Waals surface area contributed by atoms with Gasteiger partial charge in [0.05, 0.1) is 7.11 Å². The fraction of sp³-hybridized carbons (Fsp3) is 0.700. The maximum Gasteiger partial charge on any atom is 0.335 e. The average Bonchev–Trinajstić information content (AvgIpc) is 2.50. The van der Waals surface area contributed by atoms with Gasteiger partial charge in [-0.2, -0.15) is 0 Å². The number of amides is 1. The van der Waals surface area contributed by atoms with Gasteiger partial charge in [-0.15, -0.1) is 0 Å². The van der Waals surface area contributed by atoms with Crippen molar-refractivity contribution in [3.05, 3.63) is 0 Å². The second-order valence-electron chi connectivity index (χ2n) is 3.90. The summed E-state index contributed by atoms with van der Waals surface area (Å²) in [6.45, 7) is 2.78. The van der Waals surface area contributed by atoms with Crippen molar-refractivity contribution in [2.75, 3.05) is 13.7 Å². The molecule has 0 aromatic heterocycles. The van der Waals surface area contributed by atoms with E-state index in [0.29, 0.717) is 0 Å². The van der Waals surface area contributed by atoms with Gasteiger partial charge in [0.2, 0.25) is 5.91 Å². The molecule has 1 fully saturated rings. The van der Waals surface area contributed by atoms with Crippen LogP contribution in [0, 0.1) is 5.92 Å². The van der Waals surface area contributed by atoms with Crippen molar-refractivity contribution in [1.29, 1.82) is 0 Å². The molecule has 1 heterocycles. The van der Waals surface area contributed by atoms with E-state index in [1.165, 1.54) is 14.0 Å². The van der Waals surface area contributed by atoms with Gasteiger partial charge in [-0.3, -0.25) is 9.59 Å². The van der Waals surface area contributed by atoms with Crippen LogP contribution < -0.4 is 5.32 Å². The van der Waals surface area contributed by atoms with E-state index in [1.807, 2.05) is 0 Å². The zero-order chi connectivity index (χ0) is 12.3. The highest BCUT2D eigenvalue weighted by molar-refractivity contribution is 5.92. The monoisotopic (exact) mass is 229 g/mol. The standard InChI is InChI=1S/C10H15NO5/c1-6-4-8(13)11-10(6,9(14)15-3)5-16-7(2)12/h6H,4-5H2,1-3H3,(H,11,13)/t6-,10-/m1/s1. The highest BCUT2D eigenvalue weighted by atomic mass is 16.5. The molecule has 0 aliphatic carbocycles. The van der Waals surface area contributed by atoms with Crippen LogP contribution in [0.4, 0.5) is 0 Å². The topological polar surface area (TPSA) is 81.7 Å². The molecule has 0 spiro atoms. The van der Waals surface area contributed by atoms with E-state index < -0.39 is 17.5 Å². The number of esters is 2. The van der Waals surface area contributed by atoms with Gasteiger partial charge in [-0.1, -0.05) is 6.92 Å². The Morgan fingerprint density at radius 1 is 1.56 bits per heavy atom. The molecule has 1 N–H and O–H groups in total. The number of nitrogens with one attached hydrogen (secondary N) is 1. The molecule has 0 bridgehead atoms. The fourth-order valence-electron chi connectivity index (χ4n) is 1.76. The van der Waals surface area contributed by atoms with Crippen LogP contribution in [0.5, 0.6) is 0 Å². The van der Waals surface area contributed by atoms with E-state index in [9.17, 15) is 14.4 Å². The first-order valence-electron chi connectivity index (χ1n) is 4.95. The third-order valence-corrected chi connectivity index (χ3v) is 2.75. The number of hydrogen-bond acceptors (Lipinski definition) is 5. The van der Waals surface area contributed by atoms with Crippen LogP contribution in [-0.2, 0) is 23.9 Å². The Kier molecular flexibility index (Phi) is 3.51. The molecule has 16 heavy (non-hydrogen) atoms. The summed E-state index contributed by atoms with van der Waals surface area (Å²) in [7, 11) is 1.23. The molecule has 1 saturated heterocycles. The molecule has 1 amide bonds. The second kappa shape index (κ2) is 4.51. The molecule has 2 atom stereocenters. The van der Waals surface area contributed by atoms with Crippen LogP contribution in [0.15, 0.2) is 0 Å². The second-order valence-corrected chi connectivity index (χ2v) is 3.90. The van der Waals surface area contributed by atoms with E-state index in [1.54, 1.807) is 6.92 Å². The smallest absolute Gasteiger partial charge is 0.335 e. The molecule has 6 nitrogen and oxygen atoms in total. The van der Waals surface area contributed by atoms with E-state index in [2.05, 4.69) is 10.1 Å². The van der Waals surface area contributed by atoms with Crippen molar-refractivity contribution in [3.63, 3.8) is 0 Å². The van der Waals surface area contributed by atoms with Crippen molar-refractivity contribution in [2.24, 2.45) is 5.92 Å². The Labute approximate surface area is 93.3 Å². The Morgan fingerprint density at radius 2 is 2.19 bits per heavy atom. The van der Waals surface area contributed by atoms with E-state index in [0.717, 1.165) is 0 Å². The predicted octanol–water partition coefficient (Wildman–Crippen LogP) is -0.383. The van der Waals surface area contributed by atoms with Crippen molar-refractivity contribution in [2.45, 2.75) is 25.8 Å². The molecular formula is C10H15NO5. The Balaban J connectivity index is 2.89. The third-order valence-electron chi connectivity index (χ3n) is 2.75. The van der Waals surface area contributed by atoms with Crippen molar-refractivity contribution < 1.29 is 23.9 Å². The number of carbonyl (C=O) groups is 3. The van der Waals surface area contributed by atoms with Crippen LogP contribution in [0.1, 0.15) is 20.3 Å². The lowest BCUT2D eigenvalue weighted by Crippen LogP contribution is -2.56. The van der Waals surface area contributed by atoms with Crippen LogP contribution in [-0.4, -0.2) is 37.1 Å². The minimum absolute atomic E-state index is 0.193. The Hall–Kier alpha value is -1.59. The van der Waals surface area contributed by atoms with Gasteiger partial charge >= 0.3 is 11.9 Å². The first-order chi connectivity index (χ1) is 7.42. The number of ether oxygens (including phenoxy) is 2. The molecule has 0 aromatic rings. The molecule has 1 aliphatic rings. The van der Waals surface area contributed by atoms with Crippen molar-refractivity contribution >= 4 is 17.8 Å². The van der Waals surface area contributed by atoms with Crippen LogP contribution in [0.2, 0.25) is 0 Å². The van der Waals surface area contributed by atoms with Gasteiger partial charge in [0.15, 0.2) is 5.54 Å². The summed E-state index contributed by atoms with van der Waals surface area (Å²) in [4.78, 5) is 33.7. The van der Waals surface area contributed by atoms with Gasteiger partial charge in [-0.05, 0) is 0 Å². The van der Waals surface area contributed by atoms with Crippen LogP contribution >= 0.6 is 0 Å². The first kappa shape index (κ1) is 12.5. The molecule has 90 valence electrons. The van der Waals surface area contributed by atoms with Gasteiger partial charge in [0, 0.05) is 19.3 Å². The zero-order valence-corrected chi connectivity index (χ0v) is 9.53. The number of carbonyl (C=O) groups excluding carboxylic acids is 3. The molecule has 1 rings (SSSR count). The minimum atomic E-state index is -1.24. The van der Waals surface area contributed by atoms with E-state index in [-0.39, 0.29) is 24.9 Å². The molecule has 1 aliphatic heterocycles. The van der Waals surface area contributed by atoms with Crippen molar-refractivity contribution in [3.8, 4) is 0 Å². The molecular weight excluding hydrogens is 214 g/mol. The van der Waals surface area contributed by atoms with Crippen LogP contribution in [0.25, 0.3) is 0 Å². The van der Waals surface area contributed by atoms with Gasteiger partial charge in [0.1, 0.15) is 6.61 Å². The predicted molar refractivity (Wildman–Crippen MR) is 53.3 cm³/mol. The third kappa shape index (κ3) is 2.15. The fourth-order valence-corrected chi connectivity index (χ4v) is 1.76. The molecule has 0 unspecified atom stereocenters.